The van der Waals surface area contributed by atoms with Crippen LogP contribution >= 0.6 is 11.8 Å². The third-order valence-corrected chi connectivity index (χ3v) is 8.29. The zero-order valence-electron chi connectivity index (χ0n) is 24.6. The van der Waals surface area contributed by atoms with Gasteiger partial charge in [0.25, 0.3) is 11.8 Å². The van der Waals surface area contributed by atoms with Crippen molar-refractivity contribution in [2.45, 2.75) is 31.3 Å². The normalized spacial score (nSPS) is 17.3. The second kappa shape index (κ2) is 16.2. The van der Waals surface area contributed by atoms with E-state index in [4.69, 9.17) is 4.74 Å². The highest BCUT2D eigenvalue weighted by molar-refractivity contribution is 8.00. The SMILES string of the molecule is CC(=O)OCC1=C(C(=O)O)N2C(=O)[C@@H](NC(=O)C(=NO)c3ccccc3)[C@@H]2SC1.c1ccc(CCNCc2ccccc2)cc1. The lowest BCUT2D eigenvalue weighted by Crippen LogP contribution is -2.71. The number of hydrogen-bond donors (Lipinski definition) is 4. The molecule has 2 amide bonds. The number of carboxylic acids is 1. The van der Waals surface area contributed by atoms with Crippen LogP contribution in [0, 0.1) is 0 Å². The molecule has 0 aromatic heterocycles. The van der Waals surface area contributed by atoms with Gasteiger partial charge in [0.1, 0.15) is 23.7 Å². The van der Waals surface area contributed by atoms with E-state index in [2.05, 4.69) is 70.4 Å². The molecule has 1 saturated heterocycles. The number of aliphatic carboxylic acids is 1. The van der Waals surface area contributed by atoms with E-state index in [0.29, 0.717) is 11.1 Å². The van der Waals surface area contributed by atoms with Crippen molar-refractivity contribution in [1.82, 2.24) is 15.5 Å². The monoisotopic (exact) mass is 630 g/mol. The van der Waals surface area contributed by atoms with E-state index in [0.717, 1.165) is 24.4 Å². The summed E-state index contributed by atoms with van der Waals surface area (Å²) in [5, 5.41) is 27.1. The molecule has 1 fully saturated rings. The Kier molecular flexibility index (Phi) is 11.9. The second-order valence-electron chi connectivity index (χ2n) is 10.1. The van der Waals surface area contributed by atoms with Crippen molar-refractivity contribution in [3.05, 3.63) is 119 Å². The number of thioether (sulfide) groups is 1. The number of carbonyl (C=O) groups is 4. The van der Waals surface area contributed by atoms with Gasteiger partial charge in [0.15, 0.2) is 5.71 Å². The smallest absolute Gasteiger partial charge is 0.352 e. The summed E-state index contributed by atoms with van der Waals surface area (Å²) < 4.78 is 4.87. The first-order valence-corrected chi connectivity index (χ1v) is 15.2. The highest BCUT2D eigenvalue weighted by atomic mass is 32.2. The number of nitrogens with one attached hydrogen (secondary N) is 2. The van der Waals surface area contributed by atoms with E-state index in [1.54, 1.807) is 30.3 Å². The summed E-state index contributed by atoms with van der Waals surface area (Å²) >= 11 is 1.24. The summed E-state index contributed by atoms with van der Waals surface area (Å²) in [6.45, 7) is 2.95. The van der Waals surface area contributed by atoms with Crippen LogP contribution in [0.1, 0.15) is 23.6 Å². The van der Waals surface area contributed by atoms with E-state index in [9.17, 15) is 29.5 Å². The molecule has 3 aromatic rings. The predicted molar refractivity (Wildman–Crippen MR) is 169 cm³/mol. The van der Waals surface area contributed by atoms with Crippen molar-refractivity contribution >= 4 is 41.2 Å². The van der Waals surface area contributed by atoms with Gasteiger partial charge in [0, 0.05) is 30.4 Å². The number of carbonyl (C=O) groups excluding carboxylic acids is 3. The zero-order chi connectivity index (χ0) is 32.2. The summed E-state index contributed by atoms with van der Waals surface area (Å²) in [5.74, 6) is -3.04. The number of hydrogen-bond acceptors (Lipinski definition) is 9. The number of β-lactam (4-membered cyclic amide) rings is 1. The Balaban J connectivity index is 0.000000242. The molecule has 0 bridgehead atoms. The Labute approximate surface area is 265 Å². The highest BCUT2D eigenvalue weighted by Gasteiger charge is 2.54. The van der Waals surface area contributed by atoms with E-state index in [-0.39, 0.29) is 23.8 Å². The average Bonchev–Trinajstić information content (AvgIpc) is 3.06. The maximum Gasteiger partial charge on any atom is 0.352 e. The molecular formula is C33H34N4O7S. The Bertz CT molecular complexity index is 1510. The second-order valence-corrected chi connectivity index (χ2v) is 11.2. The molecule has 234 valence electrons. The van der Waals surface area contributed by atoms with Gasteiger partial charge in [-0.3, -0.25) is 19.3 Å². The van der Waals surface area contributed by atoms with Crippen LogP contribution in [0.15, 0.2) is 107 Å². The molecule has 45 heavy (non-hydrogen) atoms. The molecule has 0 aliphatic carbocycles. The minimum absolute atomic E-state index is 0.218. The highest BCUT2D eigenvalue weighted by Crippen LogP contribution is 2.40. The molecule has 0 saturated carbocycles. The Morgan fingerprint density at radius 2 is 1.56 bits per heavy atom. The van der Waals surface area contributed by atoms with Gasteiger partial charge < -0.3 is 25.7 Å². The molecule has 4 N–H and O–H groups in total. The van der Waals surface area contributed by atoms with Crippen LogP contribution in [0.5, 0.6) is 0 Å². The number of ether oxygens (including phenoxy) is 1. The first kappa shape index (κ1) is 33.0. The molecule has 0 spiro atoms. The van der Waals surface area contributed by atoms with Gasteiger partial charge in [-0.1, -0.05) is 96.2 Å². The zero-order valence-corrected chi connectivity index (χ0v) is 25.4. The van der Waals surface area contributed by atoms with Crippen LogP contribution in [0.3, 0.4) is 0 Å². The number of amides is 2. The van der Waals surface area contributed by atoms with E-state index >= 15 is 0 Å². The van der Waals surface area contributed by atoms with Crippen molar-refractivity contribution in [2.24, 2.45) is 5.16 Å². The molecule has 0 unspecified atom stereocenters. The van der Waals surface area contributed by atoms with E-state index < -0.39 is 35.2 Å². The quantitative estimate of drug-likeness (QED) is 0.0624. The minimum atomic E-state index is -1.32. The van der Waals surface area contributed by atoms with Crippen molar-refractivity contribution in [1.29, 1.82) is 0 Å². The van der Waals surface area contributed by atoms with Gasteiger partial charge in [0.05, 0.1) is 0 Å². The van der Waals surface area contributed by atoms with Gasteiger partial charge in [-0.25, -0.2) is 4.79 Å². The third kappa shape index (κ3) is 8.80. The fraction of sp³-hybridized carbons (Fsp3) is 0.242. The topological polar surface area (TPSA) is 158 Å². The van der Waals surface area contributed by atoms with Crippen LogP contribution in [0.25, 0.3) is 0 Å². The first-order valence-electron chi connectivity index (χ1n) is 14.2. The molecule has 0 radical (unpaired) electrons. The van der Waals surface area contributed by atoms with Gasteiger partial charge in [-0.15, -0.1) is 11.8 Å². The average molecular weight is 631 g/mol. The van der Waals surface area contributed by atoms with Crippen molar-refractivity contribution in [3.63, 3.8) is 0 Å². The molecule has 2 aliphatic heterocycles. The standard InChI is InChI=1S/C18H17N3O7S.C15H17N/c1-9(22)28-7-11-8-29-17-13(16(24)21(17)14(11)18(25)26)19-15(23)12(20-27)10-5-3-2-4-6-10;1-3-7-14(8-4-1)11-12-16-13-15-9-5-2-6-10-15/h2-6,13,17,27H,7-8H2,1H3,(H,19,23)(H,25,26);1-10,16H,11-13H2/t13-,17+;/m1./s1. The van der Waals surface area contributed by atoms with Crippen molar-refractivity contribution in [2.75, 3.05) is 18.9 Å². The van der Waals surface area contributed by atoms with Crippen molar-refractivity contribution in [3.8, 4) is 0 Å². The number of nitrogens with zero attached hydrogens (tertiary/aromatic N) is 2. The first-order chi connectivity index (χ1) is 21.8. The van der Waals surface area contributed by atoms with Gasteiger partial charge in [0.2, 0.25) is 0 Å². The minimum Gasteiger partial charge on any atom is -0.477 e. The summed E-state index contributed by atoms with van der Waals surface area (Å²) in [7, 11) is 0. The molecule has 11 nitrogen and oxygen atoms in total. The van der Waals surface area contributed by atoms with Crippen molar-refractivity contribution < 1.29 is 34.2 Å². The van der Waals surface area contributed by atoms with Gasteiger partial charge >= 0.3 is 11.9 Å². The maximum absolute atomic E-state index is 12.6. The van der Waals surface area contributed by atoms with Crippen LogP contribution in [0.2, 0.25) is 0 Å². The fourth-order valence-electron chi connectivity index (χ4n) is 4.73. The number of fused-ring (bicyclic) bond motifs is 1. The summed E-state index contributed by atoms with van der Waals surface area (Å²) in [6, 6.07) is 28.3. The number of esters is 1. The molecule has 2 atom stereocenters. The summed E-state index contributed by atoms with van der Waals surface area (Å²) in [6.07, 6.45) is 1.09. The van der Waals surface area contributed by atoms with Crippen LogP contribution in [-0.4, -0.2) is 75.0 Å². The van der Waals surface area contributed by atoms with Gasteiger partial charge in [-0.2, -0.15) is 0 Å². The predicted octanol–water partition coefficient (Wildman–Crippen LogP) is 3.19. The fourth-order valence-corrected chi connectivity index (χ4v) is 6.06. The van der Waals surface area contributed by atoms with Crippen LogP contribution in [-0.2, 0) is 36.9 Å². The largest absolute Gasteiger partial charge is 0.477 e. The van der Waals surface area contributed by atoms with E-state index in [1.165, 1.54) is 29.8 Å². The lowest BCUT2D eigenvalue weighted by molar-refractivity contribution is -0.150. The molecular weight excluding hydrogens is 596 g/mol. The van der Waals surface area contributed by atoms with Crippen LogP contribution < -0.4 is 10.6 Å². The number of rotatable bonds is 11. The third-order valence-electron chi connectivity index (χ3n) is 6.95. The van der Waals surface area contributed by atoms with E-state index in [1.807, 2.05) is 6.07 Å². The molecule has 5 rings (SSSR count). The Hall–Kier alpha value is -4.94. The lowest BCUT2D eigenvalue weighted by atomic mass is 10.0. The molecule has 2 heterocycles. The Morgan fingerprint density at radius 1 is 0.956 bits per heavy atom. The summed E-state index contributed by atoms with van der Waals surface area (Å²) in [4.78, 5) is 48.8. The molecule has 3 aromatic carbocycles. The molecule has 2 aliphatic rings. The molecule has 12 heteroatoms. The number of carboxylic acid groups (broad SMARTS) is 1. The number of benzene rings is 3. The number of oxime groups is 1. The maximum atomic E-state index is 12.6. The van der Waals surface area contributed by atoms with Gasteiger partial charge in [-0.05, 0) is 24.1 Å². The summed E-state index contributed by atoms with van der Waals surface area (Å²) in [5.41, 5.74) is 2.89. The van der Waals surface area contributed by atoms with Crippen LogP contribution in [0.4, 0.5) is 0 Å². The Morgan fingerprint density at radius 3 is 2.13 bits per heavy atom. The lowest BCUT2D eigenvalue weighted by Gasteiger charge is -2.49.